The maximum Gasteiger partial charge on any atom is 0.338 e. The van der Waals surface area contributed by atoms with E-state index in [0.717, 1.165) is 21.6 Å². The van der Waals surface area contributed by atoms with Crippen LogP contribution >= 0.6 is 11.3 Å². The smallest absolute Gasteiger partial charge is 0.338 e. The van der Waals surface area contributed by atoms with E-state index in [9.17, 15) is 9.59 Å². The van der Waals surface area contributed by atoms with Gasteiger partial charge in [0, 0.05) is 4.88 Å². The Morgan fingerprint density at radius 1 is 1.04 bits per heavy atom. The predicted molar refractivity (Wildman–Crippen MR) is 107 cm³/mol. The third-order valence-electron chi connectivity index (χ3n) is 4.20. The molecule has 3 rings (SSSR count). The van der Waals surface area contributed by atoms with E-state index in [2.05, 4.69) is 5.32 Å². The lowest BCUT2D eigenvalue weighted by molar-refractivity contribution is -0.124. The standard InChI is InChI=1S/C22H21NO3S/c1-15-10-11-18(16(2)13-15)22(25)26-14-20(24)23-21(19-9-6-12-27-19)17-7-4-3-5-8-17/h3-13,21H,14H2,1-2H3,(H,23,24). The van der Waals surface area contributed by atoms with Crippen molar-refractivity contribution in [3.63, 3.8) is 0 Å². The zero-order valence-electron chi connectivity index (χ0n) is 15.3. The molecule has 2 aromatic carbocycles. The van der Waals surface area contributed by atoms with Gasteiger partial charge in [0.25, 0.3) is 5.91 Å². The molecule has 0 aliphatic carbocycles. The van der Waals surface area contributed by atoms with Crippen LogP contribution in [0.3, 0.4) is 0 Å². The molecule has 1 atom stereocenters. The van der Waals surface area contributed by atoms with Crippen LogP contribution in [-0.2, 0) is 9.53 Å². The van der Waals surface area contributed by atoms with Gasteiger partial charge in [-0.3, -0.25) is 4.79 Å². The van der Waals surface area contributed by atoms with E-state index in [1.807, 2.05) is 73.8 Å². The van der Waals surface area contributed by atoms with Crippen molar-refractivity contribution in [3.05, 3.63) is 93.2 Å². The van der Waals surface area contributed by atoms with Crippen LogP contribution in [0.2, 0.25) is 0 Å². The molecule has 1 N–H and O–H groups in total. The number of hydrogen-bond donors (Lipinski definition) is 1. The molecule has 4 nitrogen and oxygen atoms in total. The third kappa shape index (κ3) is 4.83. The zero-order chi connectivity index (χ0) is 19.2. The average Bonchev–Trinajstić information content (AvgIpc) is 3.19. The molecule has 0 fully saturated rings. The molecule has 0 saturated heterocycles. The van der Waals surface area contributed by atoms with Crippen LogP contribution in [0.25, 0.3) is 0 Å². The maximum atomic E-state index is 12.4. The lowest BCUT2D eigenvalue weighted by Gasteiger charge is -2.18. The lowest BCUT2D eigenvalue weighted by atomic mass is 10.1. The molecule has 0 bridgehead atoms. The summed E-state index contributed by atoms with van der Waals surface area (Å²) in [4.78, 5) is 25.7. The first kappa shape index (κ1) is 18.9. The third-order valence-corrected chi connectivity index (χ3v) is 5.14. The van der Waals surface area contributed by atoms with Crippen LogP contribution < -0.4 is 5.32 Å². The Bertz CT molecular complexity index is 920. The molecule has 0 aliphatic heterocycles. The van der Waals surface area contributed by atoms with Gasteiger partial charge < -0.3 is 10.1 Å². The molecule has 5 heteroatoms. The number of amides is 1. The molecule has 0 radical (unpaired) electrons. The van der Waals surface area contributed by atoms with E-state index in [1.54, 1.807) is 17.4 Å². The van der Waals surface area contributed by atoms with Crippen LogP contribution in [0.5, 0.6) is 0 Å². The molecular formula is C22H21NO3S. The maximum absolute atomic E-state index is 12.4. The van der Waals surface area contributed by atoms with E-state index in [1.165, 1.54) is 0 Å². The largest absolute Gasteiger partial charge is 0.452 e. The summed E-state index contributed by atoms with van der Waals surface area (Å²) < 4.78 is 5.22. The van der Waals surface area contributed by atoms with Crippen molar-refractivity contribution < 1.29 is 14.3 Å². The van der Waals surface area contributed by atoms with Crippen molar-refractivity contribution in [1.29, 1.82) is 0 Å². The molecule has 27 heavy (non-hydrogen) atoms. The van der Waals surface area contributed by atoms with E-state index in [0.29, 0.717) is 5.56 Å². The molecule has 3 aromatic rings. The highest BCUT2D eigenvalue weighted by molar-refractivity contribution is 7.10. The van der Waals surface area contributed by atoms with E-state index < -0.39 is 5.97 Å². The molecule has 138 valence electrons. The summed E-state index contributed by atoms with van der Waals surface area (Å²) in [6, 6.07) is 18.9. The average molecular weight is 379 g/mol. The highest BCUT2D eigenvalue weighted by Crippen LogP contribution is 2.25. The topological polar surface area (TPSA) is 55.4 Å². The summed E-state index contributed by atoms with van der Waals surface area (Å²) >= 11 is 1.57. The molecule has 0 aliphatic rings. The monoisotopic (exact) mass is 379 g/mol. The number of aryl methyl sites for hydroxylation is 2. The Kier molecular flexibility index (Phi) is 6.04. The van der Waals surface area contributed by atoms with E-state index in [-0.39, 0.29) is 18.6 Å². The summed E-state index contributed by atoms with van der Waals surface area (Å²) in [5.74, 6) is -0.828. The van der Waals surface area contributed by atoms with Gasteiger partial charge in [-0.15, -0.1) is 11.3 Å². The van der Waals surface area contributed by atoms with Crippen LogP contribution in [0.15, 0.2) is 66.0 Å². The van der Waals surface area contributed by atoms with Gasteiger partial charge in [-0.2, -0.15) is 0 Å². The fourth-order valence-corrected chi connectivity index (χ4v) is 3.68. The normalized spacial score (nSPS) is 11.6. The van der Waals surface area contributed by atoms with Crippen molar-refractivity contribution in [1.82, 2.24) is 5.32 Å². The van der Waals surface area contributed by atoms with Gasteiger partial charge in [-0.1, -0.05) is 54.1 Å². The number of thiophene rings is 1. The second-order valence-corrected chi connectivity index (χ2v) is 7.30. The predicted octanol–water partition coefficient (Wildman–Crippen LogP) is 4.43. The number of carbonyl (C=O) groups is 2. The molecule has 1 aromatic heterocycles. The second-order valence-electron chi connectivity index (χ2n) is 6.32. The molecule has 1 unspecified atom stereocenters. The fourth-order valence-electron chi connectivity index (χ4n) is 2.87. The van der Waals surface area contributed by atoms with Crippen molar-refractivity contribution in [3.8, 4) is 0 Å². The van der Waals surface area contributed by atoms with Crippen LogP contribution in [0, 0.1) is 13.8 Å². The fraction of sp³-hybridized carbons (Fsp3) is 0.182. The molecule has 1 amide bonds. The van der Waals surface area contributed by atoms with E-state index >= 15 is 0 Å². The Labute approximate surface area is 162 Å². The SMILES string of the molecule is Cc1ccc(C(=O)OCC(=O)NC(c2ccccc2)c2cccs2)c(C)c1. The van der Waals surface area contributed by atoms with Gasteiger partial charge in [0.15, 0.2) is 6.61 Å². The Morgan fingerprint density at radius 3 is 2.48 bits per heavy atom. The summed E-state index contributed by atoms with van der Waals surface area (Å²) in [7, 11) is 0. The highest BCUT2D eigenvalue weighted by atomic mass is 32.1. The Balaban J connectivity index is 1.65. The first-order valence-electron chi connectivity index (χ1n) is 8.66. The molecular weight excluding hydrogens is 358 g/mol. The van der Waals surface area contributed by atoms with E-state index in [4.69, 9.17) is 4.74 Å². The van der Waals surface area contributed by atoms with Crippen molar-refractivity contribution in [2.24, 2.45) is 0 Å². The van der Waals surface area contributed by atoms with Crippen molar-refractivity contribution >= 4 is 23.2 Å². The van der Waals surface area contributed by atoms with Crippen LogP contribution in [0.1, 0.15) is 38.0 Å². The first-order chi connectivity index (χ1) is 13.0. The highest BCUT2D eigenvalue weighted by Gasteiger charge is 2.19. The summed E-state index contributed by atoms with van der Waals surface area (Å²) in [6.45, 7) is 3.50. The zero-order valence-corrected chi connectivity index (χ0v) is 16.1. The minimum absolute atomic E-state index is 0.265. The number of hydrogen-bond acceptors (Lipinski definition) is 4. The Hall–Kier alpha value is -2.92. The van der Waals surface area contributed by atoms with Gasteiger partial charge >= 0.3 is 5.97 Å². The van der Waals surface area contributed by atoms with Gasteiger partial charge in [0.1, 0.15) is 0 Å². The van der Waals surface area contributed by atoms with Crippen LogP contribution in [0.4, 0.5) is 0 Å². The number of carbonyl (C=O) groups excluding carboxylic acids is 2. The van der Waals surface area contributed by atoms with Crippen molar-refractivity contribution in [2.75, 3.05) is 6.61 Å². The summed E-state index contributed by atoms with van der Waals surface area (Å²) in [6.07, 6.45) is 0. The number of rotatable bonds is 6. The van der Waals surface area contributed by atoms with Gasteiger partial charge in [0.05, 0.1) is 11.6 Å². The van der Waals surface area contributed by atoms with Gasteiger partial charge in [-0.05, 0) is 42.5 Å². The Morgan fingerprint density at radius 2 is 1.81 bits per heavy atom. The molecule has 0 saturated carbocycles. The molecule has 0 spiro atoms. The van der Waals surface area contributed by atoms with Crippen molar-refractivity contribution in [2.45, 2.75) is 19.9 Å². The van der Waals surface area contributed by atoms with Crippen LogP contribution in [-0.4, -0.2) is 18.5 Å². The number of esters is 1. The minimum atomic E-state index is -0.491. The first-order valence-corrected chi connectivity index (χ1v) is 9.54. The number of nitrogens with one attached hydrogen (secondary N) is 1. The number of ether oxygens (including phenoxy) is 1. The number of benzene rings is 2. The van der Waals surface area contributed by atoms with Gasteiger partial charge in [0.2, 0.25) is 0 Å². The lowest BCUT2D eigenvalue weighted by Crippen LogP contribution is -2.32. The molecule has 1 heterocycles. The summed E-state index contributed by atoms with van der Waals surface area (Å²) in [5, 5.41) is 4.93. The summed E-state index contributed by atoms with van der Waals surface area (Å²) in [5.41, 5.74) is 3.37. The minimum Gasteiger partial charge on any atom is -0.452 e. The second kappa shape index (κ2) is 8.64. The van der Waals surface area contributed by atoms with Gasteiger partial charge in [-0.25, -0.2) is 4.79 Å². The quantitative estimate of drug-likeness (QED) is 0.645.